The third-order valence-corrected chi connectivity index (χ3v) is 4.38. The van der Waals surface area contributed by atoms with Gasteiger partial charge in [0.05, 0.1) is 12.2 Å². The molecule has 2 aromatic carbocycles. The number of carbonyl (C=O) groups is 2. The number of amides is 2. The van der Waals surface area contributed by atoms with Gasteiger partial charge < -0.3 is 10.6 Å². The van der Waals surface area contributed by atoms with E-state index in [0.717, 1.165) is 17.0 Å². The fourth-order valence-corrected chi connectivity index (χ4v) is 2.92. The van der Waals surface area contributed by atoms with E-state index in [1.165, 1.54) is 0 Å². The molecule has 0 aliphatic carbocycles. The molecule has 144 valence electrons. The van der Waals surface area contributed by atoms with Gasteiger partial charge in [0, 0.05) is 29.9 Å². The Kier molecular flexibility index (Phi) is 6.22. The Bertz CT molecular complexity index is 946. The van der Waals surface area contributed by atoms with Gasteiger partial charge >= 0.3 is 0 Å². The Morgan fingerprint density at radius 3 is 1.96 bits per heavy atom. The lowest BCUT2D eigenvalue weighted by molar-refractivity contribution is 0.0927. The molecule has 0 saturated carbocycles. The van der Waals surface area contributed by atoms with Crippen LogP contribution in [0, 0.1) is 13.8 Å². The highest BCUT2D eigenvalue weighted by Crippen LogP contribution is 2.09. The van der Waals surface area contributed by atoms with Gasteiger partial charge in [-0.15, -0.1) is 0 Å². The van der Waals surface area contributed by atoms with E-state index in [1.807, 2.05) is 54.9 Å². The van der Waals surface area contributed by atoms with Crippen LogP contribution < -0.4 is 10.6 Å². The number of benzene rings is 2. The van der Waals surface area contributed by atoms with Gasteiger partial charge in [-0.1, -0.05) is 30.3 Å². The first kappa shape index (κ1) is 19.4. The molecule has 1 heterocycles. The lowest BCUT2D eigenvalue weighted by atomic mass is 10.1. The van der Waals surface area contributed by atoms with Crippen molar-refractivity contribution in [2.45, 2.75) is 20.4 Å². The predicted molar refractivity (Wildman–Crippen MR) is 108 cm³/mol. The normalized spacial score (nSPS) is 10.5. The minimum absolute atomic E-state index is 0.150. The molecule has 1 aromatic heterocycles. The molecular weight excluding hydrogens is 352 g/mol. The largest absolute Gasteiger partial charge is 0.350 e. The minimum atomic E-state index is -0.161. The van der Waals surface area contributed by atoms with Crippen molar-refractivity contribution < 1.29 is 9.59 Å². The minimum Gasteiger partial charge on any atom is -0.350 e. The monoisotopic (exact) mass is 376 g/mol. The number of nitrogens with zero attached hydrogens (tertiary/aromatic N) is 2. The second kappa shape index (κ2) is 8.99. The van der Waals surface area contributed by atoms with Gasteiger partial charge in [-0.05, 0) is 49.7 Å². The van der Waals surface area contributed by atoms with E-state index in [4.69, 9.17) is 0 Å². The van der Waals surface area contributed by atoms with Crippen LogP contribution in [0.4, 0.5) is 0 Å². The van der Waals surface area contributed by atoms with Gasteiger partial charge in [-0.25, -0.2) is 0 Å². The Morgan fingerprint density at radius 1 is 0.857 bits per heavy atom. The zero-order valence-corrected chi connectivity index (χ0v) is 16.1. The highest BCUT2D eigenvalue weighted by Gasteiger charge is 2.07. The predicted octanol–water partition coefficient (Wildman–Crippen LogP) is 2.71. The van der Waals surface area contributed by atoms with Crippen LogP contribution >= 0.6 is 0 Å². The number of carbonyl (C=O) groups excluding carboxylic acids is 2. The SMILES string of the molecule is Cc1cc(C)n(Cc2ccc(C(=O)NCCNC(=O)c3ccccc3)cc2)n1. The summed E-state index contributed by atoms with van der Waals surface area (Å²) in [6.07, 6.45) is 0. The van der Waals surface area contributed by atoms with Crippen LogP contribution in [0.5, 0.6) is 0 Å². The molecule has 0 spiro atoms. The quantitative estimate of drug-likeness (QED) is 0.623. The number of hydrogen-bond acceptors (Lipinski definition) is 3. The zero-order valence-electron chi connectivity index (χ0n) is 16.1. The van der Waals surface area contributed by atoms with Crippen LogP contribution in [0.15, 0.2) is 60.7 Å². The molecule has 3 rings (SSSR count). The topological polar surface area (TPSA) is 76.0 Å². The fourth-order valence-electron chi connectivity index (χ4n) is 2.92. The number of aromatic nitrogens is 2. The van der Waals surface area contributed by atoms with Crippen LogP contribution in [-0.4, -0.2) is 34.7 Å². The van der Waals surface area contributed by atoms with E-state index in [1.54, 1.807) is 24.3 Å². The van der Waals surface area contributed by atoms with Crippen molar-refractivity contribution in [2.75, 3.05) is 13.1 Å². The second-order valence-corrected chi connectivity index (χ2v) is 6.66. The Labute approximate surface area is 164 Å². The summed E-state index contributed by atoms with van der Waals surface area (Å²) in [5.74, 6) is -0.310. The van der Waals surface area contributed by atoms with E-state index < -0.39 is 0 Å². The van der Waals surface area contributed by atoms with Crippen LogP contribution in [0.3, 0.4) is 0 Å². The van der Waals surface area contributed by atoms with Crippen LogP contribution in [-0.2, 0) is 6.54 Å². The molecule has 3 aromatic rings. The molecule has 2 amide bonds. The molecule has 6 heteroatoms. The summed E-state index contributed by atoms with van der Waals surface area (Å²) in [5.41, 5.74) is 4.38. The van der Waals surface area contributed by atoms with Crippen molar-refractivity contribution in [2.24, 2.45) is 0 Å². The highest BCUT2D eigenvalue weighted by molar-refractivity contribution is 5.95. The number of hydrogen-bond donors (Lipinski definition) is 2. The molecular formula is C22H24N4O2. The second-order valence-electron chi connectivity index (χ2n) is 6.66. The van der Waals surface area contributed by atoms with Crippen molar-refractivity contribution in [3.05, 3.63) is 88.7 Å². The molecule has 0 saturated heterocycles. The first-order valence-electron chi connectivity index (χ1n) is 9.24. The van der Waals surface area contributed by atoms with Crippen molar-refractivity contribution >= 4 is 11.8 Å². The number of nitrogens with one attached hydrogen (secondary N) is 2. The van der Waals surface area contributed by atoms with Gasteiger partial charge in [-0.3, -0.25) is 14.3 Å². The van der Waals surface area contributed by atoms with E-state index in [9.17, 15) is 9.59 Å². The van der Waals surface area contributed by atoms with Gasteiger partial charge in [0.25, 0.3) is 11.8 Å². The lowest BCUT2D eigenvalue weighted by Gasteiger charge is -2.08. The number of aryl methyl sites for hydroxylation is 2. The molecule has 0 unspecified atom stereocenters. The highest BCUT2D eigenvalue weighted by atomic mass is 16.2. The van der Waals surface area contributed by atoms with Gasteiger partial charge in [0.15, 0.2) is 0 Å². The average molecular weight is 376 g/mol. The standard InChI is InChI=1S/C22H24N4O2/c1-16-14-17(2)26(25-16)15-18-8-10-20(11-9-18)22(28)24-13-12-23-21(27)19-6-4-3-5-7-19/h3-11,14H,12-13,15H2,1-2H3,(H,23,27)(H,24,28). The molecule has 0 fully saturated rings. The van der Waals surface area contributed by atoms with Crippen molar-refractivity contribution in [3.8, 4) is 0 Å². The summed E-state index contributed by atoms with van der Waals surface area (Å²) < 4.78 is 1.94. The molecule has 28 heavy (non-hydrogen) atoms. The maximum Gasteiger partial charge on any atom is 0.251 e. The molecule has 0 radical (unpaired) electrons. The molecule has 0 bridgehead atoms. The summed E-state index contributed by atoms with van der Waals surface area (Å²) in [6, 6.07) is 18.5. The van der Waals surface area contributed by atoms with Gasteiger partial charge in [0.1, 0.15) is 0 Å². The fraction of sp³-hybridized carbons (Fsp3) is 0.227. The van der Waals surface area contributed by atoms with Gasteiger partial charge in [-0.2, -0.15) is 5.10 Å². The van der Waals surface area contributed by atoms with E-state index >= 15 is 0 Å². The number of rotatable bonds is 7. The third-order valence-electron chi connectivity index (χ3n) is 4.38. The summed E-state index contributed by atoms with van der Waals surface area (Å²) >= 11 is 0. The van der Waals surface area contributed by atoms with Crippen LogP contribution in [0.25, 0.3) is 0 Å². The van der Waals surface area contributed by atoms with Crippen molar-refractivity contribution in [3.63, 3.8) is 0 Å². The first-order chi connectivity index (χ1) is 13.5. The summed E-state index contributed by atoms with van der Waals surface area (Å²) in [5, 5.41) is 10.1. The lowest BCUT2D eigenvalue weighted by Crippen LogP contribution is -2.34. The van der Waals surface area contributed by atoms with E-state index in [0.29, 0.717) is 30.8 Å². The molecule has 2 N–H and O–H groups in total. The smallest absolute Gasteiger partial charge is 0.251 e. The maximum atomic E-state index is 12.2. The maximum absolute atomic E-state index is 12.2. The first-order valence-corrected chi connectivity index (χ1v) is 9.24. The molecule has 0 aliphatic heterocycles. The van der Waals surface area contributed by atoms with Crippen LogP contribution in [0.1, 0.15) is 37.7 Å². The molecule has 0 atom stereocenters. The van der Waals surface area contributed by atoms with E-state index in [2.05, 4.69) is 15.7 Å². The molecule has 0 aliphatic rings. The summed E-state index contributed by atoms with van der Waals surface area (Å²) in [4.78, 5) is 24.2. The van der Waals surface area contributed by atoms with Gasteiger partial charge in [0.2, 0.25) is 0 Å². The third kappa shape index (κ3) is 5.07. The molecule has 6 nitrogen and oxygen atoms in total. The summed E-state index contributed by atoms with van der Waals surface area (Å²) in [6.45, 7) is 5.41. The summed E-state index contributed by atoms with van der Waals surface area (Å²) in [7, 11) is 0. The Morgan fingerprint density at radius 2 is 1.43 bits per heavy atom. The van der Waals surface area contributed by atoms with E-state index in [-0.39, 0.29) is 11.8 Å². The Hall–Kier alpha value is -3.41. The van der Waals surface area contributed by atoms with Crippen molar-refractivity contribution in [1.29, 1.82) is 0 Å². The van der Waals surface area contributed by atoms with Crippen LogP contribution in [0.2, 0.25) is 0 Å². The Balaban J connectivity index is 1.45. The average Bonchev–Trinajstić information content (AvgIpc) is 3.03. The van der Waals surface area contributed by atoms with Crippen molar-refractivity contribution in [1.82, 2.24) is 20.4 Å². The zero-order chi connectivity index (χ0) is 19.9.